The van der Waals surface area contributed by atoms with Gasteiger partial charge in [-0.3, -0.25) is 0 Å². The standard InChI is InChI=1S/C24H56Si5.12CH3.4Sn/c1-25(2,3)17-13-21-29(22-14-18-26(4,5)6,23-15-19-27(7,8)9)24-16-20-28(10,11)12;;;;;;;;;;;;;;;;/h1,4,7,10,13-24H2,2-3,5-6,8-9,11-12H3;12*1H3;;;;. The van der Waals surface area contributed by atoms with Crippen molar-refractivity contribution in [3.8, 4) is 0 Å². The minimum atomic E-state index is -1.73. The van der Waals surface area contributed by atoms with E-state index < -0.39 is 114 Å². The van der Waals surface area contributed by atoms with E-state index in [-0.39, 0.29) is 0 Å². The first-order chi connectivity index (χ1) is 19.7. The van der Waals surface area contributed by atoms with Gasteiger partial charge in [-0.05, 0) is 0 Å². The Hall–Kier alpha value is 4.28. The maximum atomic E-state index is 2.78. The van der Waals surface area contributed by atoms with E-state index in [0.29, 0.717) is 0 Å². The summed E-state index contributed by atoms with van der Waals surface area (Å²) in [5.74, 6) is 0. The Labute approximate surface area is 311 Å². The molecule has 0 nitrogen and oxygen atoms in total. The molecule has 0 saturated heterocycles. The first-order valence-corrected chi connectivity index (χ1v) is 78.5. The molecule has 0 atom stereocenters. The first-order valence-electron chi connectivity index (χ1n) is 19.7. The first kappa shape index (κ1) is 49.3. The Kier molecular flexibility index (Phi) is 21.4. The molecule has 272 valence electrons. The van der Waals surface area contributed by atoms with Gasteiger partial charge in [0.05, 0.1) is 0 Å². The molecule has 0 aliphatic rings. The molecule has 0 saturated carbocycles. The molecule has 45 heavy (non-hydrogen) atoms. The summed E-state index contributed by atoms with van der Waals surface area (Å²) in [5.41, 5.74) is 0. The SMILES string of the molecule is C[Si](C)(CCC[Si](CCC[Si](C)(C)[CH2][Sn]([CH3])([CH3])[CH3])(CCC[Si](C)(C)[CH2][Sn]([CH3])([CH3])[CH3])CCC[Si](C)(C)[CH2][Sn]([CH3])([CH3])[CH3])[CH2][Sn]([CH3])([CH3])[CH3]. The zero-order chi connectivity index (χ0) is 35.8. The summed E-state index contributed by atoms with van der Waals surface area (Å²) in [7, 11) is -5.45. The molecule has 0 spiro atoms. The quantitative estimate of drug-likeness (QED) is 0.0845. The molecule has 0 N–H and O–H groups in total. The Bertz CT molecular complexity index is 702. The summed E-state index contributed by atoms with van der Waals surface area (Å²) in [6, 6.07) is 13.4. The van der Waals surface area contributed by atoms with Crippen molar-refractivity contribution in [1.29, 1.82) is 0 Å². The van der Waals surface area contributed by atoms with Gasteiger partial charge in [-0.2, -0.15) is 0 Å². The van der Waals surface area contributed by atoms with Gasteiger partial charge in [-0.25, -0.2) is 0 Å². The van der Waals surface area contributed by atoms with E-state index in [0.717, 1.165) is 0 Å². The summed E-state index contributed by atoms with van der Waals surface area (Å²) >= 11 is -6.91. The summed E-state index contributed by atoms with van der Waals surface area (Å²) in [6.07, 6.45) is 6.47. The zero-order valence-corrected chi connectivity index (χ0v) is 52.2. The van der Waals surface area contributed by atoms with Crippen molar-refractivity contribution >= 4 is 114 Å². The van der Waals surface area contributed by atoms with Crippen molar-refractivity contribution in [3.63, 3.8) is 0 Å². The predicted molar refractivity (Wildman–Crippen MR) is 245 cm³/mol. The van der Waals surface area contributed by atoms with Gasteiger partial charge in [0.15, 0.2) is 0 Å². The molecule has 0 aromatic rings. The molecule has 0 aliphatic heterocycles. The molecular formula is C36H92Si5Sn4. The third kappa shape index (κ3) is 28.5. The number of hydrogen-bond acceptors (Lipinski definition) is 0. The van der Waals surface area contributed by atoms with Crippen LogP contribution >= 0.6 is 0 Å². The van der Waals surface area contributed by atoms with Crippen LogP contribution in [0.4, 0.5) is 0 Å². The molecule has 0 radical (unpaired) electrons. The molecule has 0 aliphatic carbocycles. The molecule has 0 bridgehead atoms. The van der Waals surface area contributed by atoms with E-state index in [1.807, 2.05) is 0 Å². The molecule has 9 heteroatoms. The van der Waals surface area contributed by atoms with Crippen molar-refractivity contribution in [2.45, 2.75) is 202 Å². The van der Waals surface area contributed by atoms with Gasteiger partial charge in [0, 0.05) is 0 Å². The summed E-state index contributed by atoms with van der Waals surface area (Å²) in [4.78, 5) is 32.5. The average molecular weight is 1140 g/mol. The molecule has 0 fully saturated rings. The van der Waals surface area contributed by atoms with Crippen molar-refractivity contribution in [3.05, 3.63) is 0 Å². The molecule has 0 aromatic heterocycles. The van der Waals surface area contributed by atoms with E-state index in [4.69, 9.17) is 0 Å². The van der Waals surface area contributed by atoms with Gasteiger partial charge in [-0.1, -0.05) is 0 Å². The summed E-state index contributed by atoms with van der Waals surface area (Å²) < 4.78 is 6.86. The van der Waals surface area contributed by atoms with Crippen molar-refractivity contribution in [2.24, 2.45) is 0 Å². The molecule has 0 aromatic carbocycles. The third-order valence-electron chi connectivity index (χ3n) is 10.3. The molecule has 0 amide bonds. The third-order valence-corrected chi connectivity index (χ3v) is 99.9. The van der Waals surface area contributed by atoms with Gasteiger partial charge in [0.1, 0.15) is 0 Å². The van der Waals surface area contributed by atoms with Crippen molar-refractivity contribution < 1.29 is 0 Å². The Balaban J connectivity index is 6.15. The van der Waals surface area contributed by atoms with Crippen molar-refractivity contribution in [2.75, 3.05) is 0 Å². The maximum absolute atomic E-state index is 2.78. The fourth-order valence-corrected chi connectivity index (χ4v) is 138. The van der Waals surface area contributed by atoms with Crippen LogP contribution in [0.3, 0.4) is 0 Å². The zero-order valence-electron chi connectivity index (χ0n) is 35.8. The van der Waals surface area contributed by atoms with Crippen LogP contribution < -0.4 is 0 Å². The normalized spacial score (nSPS) is 15.2. The van der Waals surface area contributed by atoms with E-state index in [1.165, 1.54) is 0 Å². The van der Waals surface area contributed by atoms with Gasteiger partial charge in [0.25, 0.3) is 0 Å². The van der Waals surface area contributed by atoms with Crippen LogP contribution in [0.5, 0.6) is 0 Å². The van der Waals surface area contributed by atoms with E-state index in [9.17, 15) is 0 Å². The van der Waals surface area contributed by atoms with Gasteiger partial charge in [-0.15, -0.1) is 0 Å². The molecule has 0 rings (SSSR count). The second kappa shape index (κ2) is 19.6. The minimum absolute atomic E-state index is 1.05. The summed E-state index contributed by atoms with van der Waals surface area (Å²) in [6.45, 7) is 22.3. The van der Waals surface area contributed by atoms with Gasteiger partial charge < -0.3 is 0 Å². The van der Waals surface area contributed by atoms with Crippen LogP contribution in [0.2, 0.25) is 176 Å². The fourth-order valence-electron chi connectivity index (χ4n) is 10.6. The molecule has 0 unspecified atom stereocenters. The Morgan fingerprint density at radius 3 is 0.556 bits per heavy atom. The fraction of sp³-hybridized carbons (Fsp3) is 1.00. The van der Waals surface area contributed by atoms with Crippen LogP contribution in [0, 0.1) is 0 Å². The second-order valence-corrected chi connectivity index (χ2v) is 121. The second-order valence-electron chi connectivity index (χ2n) is 24.5. The topological polar surface area (TPSA) is 0 Å². The van der Waals surface area contributed by atoms with Crippen LogP contribution in [0.25, 0.3) is 0 Å². The average Bonchev–Trinajstić information content (AvgIpc) is 2.65. The van der Waals surface area contributed by atoms with Gasteiger partial charge >= 0.3 is 316 Å². The number of rotatable bonds is 24. The Morgan fingerprint density at radius 1 is 0.267 bits per heavy atom. The van der Waals surface area contributed by atoms with Crippen LogP contribution in [-0.2, 0) is 0 Å². The van der Waals surface area contributed by atoms with E-state index in [2.05, 4.69) is 112 Å². The van der Waals surface area contributed by atoms with E-state index >= 15 is 0 Å². The number of hydrogen-bond donors (Lipinski definition) is 0. The monoisotopic (exact) mass is 1140 g/mol. The van der Waals surface area contributed by atoms with Crippen molar-refractivity contribution in [1.82, 2.24) is 0 Å². The summed E-state index contributed by atoms with van der Waals surface area (Å²) in [5, 5.41) is 0. The van der Waals surface area contributed by atoms with Gasteiger partial charge in [0.2, 0.25) is 0 Å². The van der Waals surface area contributed by atoms with Crippen LogP contribution in [0.1, 0.15) is 25.7 Å². The van der Waals surface area contributed by atoms with Crippen LogP contribution in [-0.4, -0.2) is 114 Å². The molecular weight excluding hydrogens is 1050 g/mol. The van der Waals surface area contributed by atoms with Crippen LogP contribution in [0.15, 0.2) is 0 Å². The Morgan fingerprint density at radius 2 is 0.422 bits per heavy atom. The molecule has 0 heterocycles. The van der Waals surface area contributed by atoms with E-state index in [1.54, 1.807) is 90.3 Å². The predicted octanol–water partition coefficient (Wildman–Crippen LogP) is 15.3.